The van der Waals surface area contributed by atoms with Crippen molar-refractivity contribution in [3.05, 3.63) is 0 Å². The lowest BCUT2D eigenvalue weighted by Crippen LogP contribution is -2.33. The van der Waals surface area contributed by atoms with E-state index in [2.05, 4.69) is 19.2 Å². The highest BCUT2D eigenvalue weighted by Crippen LogP contribution is 2.30. The van der Waals surface area contributed by atoms with Crippen molar-refractivity contribution in [2.24, 2.45) is 11.8 Å². The molecule has 0 aromatic rings. The van der Waals surface area contributed by atoms with Crippen molar-refractivity contribution < 1.29 is 14.3 Å². The first-order valence-electron chi connectivity index (χ1n) is 6.52. The number of hydrogen-bond acceptors (Lipinski definition) is 4. The van der Waals surface area contributed by atoms with Crippen LogP contribution >= 0.6 is 0 Å². The van der Waals surface area contributed by atoms with Crippen LogP contribution in [0.25, 0.3) is 0 Å². The molecule has 1 fully saturated rings. The van der Waals surface area contributed by atoms with Gasteiger partial charge in [0.05, 0.1) is 13.2 Å². The maximum atomic E-state index is 11.5. The zero-order chi connectivity index (χ0) is 12.7. The summed E-state index contributed by atoms with van der Waals surface area (Å²) in [5.74, 6) is 1.26. The number of hydrogen-bond donors (Lipinski definition) is 1. The first kappa shape index (κ1) is 14.5. The van der Waals surface area contributed by atoms with E-state index in [1.807, 2.05) is 0 Å². The summed E-state index contributed by atoms with van der Waals surface area (Å²) in [6.07, 6.45) is 3.30. The molecule has 100 valence electrons. The fourth-order valence-electron chi connectivity index (χ4n) is 2.20. The van der Waals surface area contributed by atoms with E-state index in [0.29, 0.717) is 19.1 Å². The minimum absolute atomic E-state index is 0.123. The van der Waals surface area contributed by atoms with Gasteiger partial charge in [0.25, 0.3) is 0 Å². The Morgan fingerprint density at radius 1 is 1.29 bits per heavy atom. The average Bonchev–Trinajstić information content (AvgIpc) is 2.30. The number of esters is 1. The highest BCUT2D eigenvalue weighted by molar-refractivity contribution is 5.71. The summed E-state index contributed by atoms with van der Waals surface area (Å²) in [5, 5.41) is 3.00. The number of methoxy groups -OCH3 is 1. The standard InChI is InChI=1S/C13H25NO3/c1-10-4-5-12(8-11(10)2)17-13(15)9-14-6-7-16-3/h10-12,14H,4-9H2,1-3H3. The summed E-state index contributed by atoms with van der Waals surface area (Å²) in [6.45, 7) is 6.09. The Kier molecular flexibility index (Phi) is 6.52. The molecule has 1 aliphatic carbocycles. The molecule has 0 saturated heterocycles. The number of rotatable bonds is 6. The van der Waals surface area contributed by atoms with Gasteiger partial charge >= 0.3 is 5.97 Å². The van der Waals surface area contributed by atoms with Crippen LogP contribution in [0.3, 0.4) is 0 Å². The molecule has 1 N–H and O–H groups in total. The molecule has 1 rings (SSSR count). The van der Waals surface area contributed by atoms with Crippen molar-refractivity contribution in [1.29, 1.82) is 0 Å². The average molecular weight is 243 g/mol. The zero-order valence-electron chi connectivity index (χ0n) is 11.2. The fraction of sp³-hybridized carbons (Fsp3) is 0.923. The Morgan fingerprint density at radius 2 is 2.06 bits per heavy atom. The molecule has 0 aliphatic heterocycles. The topological polar surface area (TPSA) is 47.6 Å². The van der Waals surface area contributed by atoms with E-state index < -0.39 is 0 Å². The SMILES string of the molecule is COCCNCC(=O)OC1CCC(C)C(C)C1. The van der Waals surface area contributed by atoms with Crippen molar-refractivity contribution in [1.82, 2.24) is 5.32 Å². The van der Waals surface area contributed by atoms with Gasteiger partial charge in [0.15, 0.2) is 0 Å². The lowest BCUT2D eigenvalue weighted by molar-refractivity contribution is -0.150. The third-order valence-corrected chi connectivity index (χ3v) is 3.60. The molecular weight excluding hydrogens is 218 g/mol. The minimum atomic E-state index is -0.146. The smallest absolute Gasteiger partial charge is 0.320 e. The van der Waals surface area contributed by atoms with Gasteiger partial charge in [-0.1, -0.05) is 13.8 Å². The summed E-state index contributed by atoms with van der Waals surface area (Å²) in [5.41, 5.74) is 0. The Labute approximate surface area is 104 Å². The van der Waals surface area contributed by atoms with Gasteiger partial charge in [-0.2, -0.15) is 0 Å². The third kappa shape index (κ3) is 5.50. The monoisotopic (exact) mass is 243 g/mol. The van der Waals surface area contributed by atoms with Crippen LogP contribution in [0, 0.1) is 11.8 Å². The lowest BCUT2D eigenvalue weighted by atomic mass is 9.80. The van der Waals surface area contributed by atoms with Crippen LogP contribution in [0.5, 0.6) is 0 Å². The first-order valence-corrected chi connectivity index (χ1v) is 6.52. The van der Waals surface area contributed by atoms with E-state index in [0.717, 1.165) is 25.2 Å². The van der Waals surface area contributed by atoms with E-state index in [1.54, 1.807) is 7.11 Å². The van der Waals surface area contributed by atoms with Crippen LogP contribution in [-0.2, 0) is 14.3 Å². The molecule has 4 heteroatoms. The van der Waals surface area contributed by atoms with Crippen molar-refractivity contribution in [2.45, 2.75) is 39.2 Å². The van der Waals surface area contributed by atoms with Crippen LogP contribution in [0.1, 0.15) is 33.1 Å². The molecule has 0 spiro atoms. The van der Waals surface area contributed by atoms with Crippen LogP contribution in [-0.4, -0.2) is 38.9 Å². The number of carbonyl (C=O) groups is 1. The van der Waals surface area contributed by atoms with Crippen molar-refractivity contribution >= 4 is 5.97 Å². The summed E-state index contributed by atoms with van der Waals surface area (Å²) in [4.78, 5) is 11.5. The van der Waals surface area contributed by atoms with Crippen LogP contribution in [0.2, 0.25) is 0 Å². The van der Waals surface area contributed by atoms with Gasteiger partial charge in [-0.05, 0) is 31.1 Å². The molecule has 0 aromatic carbocycles. The van der Waals surface area contributed by atoms with Gasteiger partial charge in [-0.3, -0.25) is 4.79 Å². The number of nitrogens with one attached hydrogen (secondary N) is 1. The lowest BCUT2D eigenvalue weighted by Gasteiger charge is -2.31. The van der Waals surface area contributed by atoms with Gasteiger partial charge in [0.2, 0.25) is 0 Å². The Hall–Kier alpha value is -0.610. The normalized spacial score (nSPS) is 29.0. The van der Waals surface area contributed by atoms with Crippen LogP contribution < -0.4 is 5.32 Å². The molecule has 1 saturated carbocycles. The van der Waals surface area contributed by atoms with Crippen LogP contribution in [0.15, 0.2) is 0 Å². The maximum absolute atomic E-state index is 11.5. The largest absolute Gasteiger partial charge is 0.461 e. The summed E-state index contributed by atoms with van der Waals surface area (Å²) < 4.78 is 10.3. The fourth-order valence-corrected chi connectivity index (χ4v) is 2.20. The second-order valence-corrected chi connectivity index (χ2v) is 5.05. The molecule has 0 amide bonds. The van der Waals surface area contributed by atoms with Gasteiger partial charge < -0.3 is 14.8 Å². The van der Waals surface area contributed by atoms with E-state index in [-0.39, 0.29) is 18.6 Å². The summed E-state index contributed by atoms with van der Waals surface area (Å²) in [6, 6.07) is 0. The molecule has 3 unspecified atom stereocenters. The second kappa shape index (κ2) is 7.67. The van der Waals surface area contributed by atoms with E-state index in [9.17, 15) is 4.79 Å². The molecule has 0 bridgehead atoms. The van der Waals surface area contributed by atoms with Crippen molar-refractivity contribution in [3.8, 4) is 0 Å². The Balaban J connectivity index is 2.14. The van der Waals surface area contributed by atoms with Crippen molar-refractivity contribution in [2.75, 3.05) is 26.8 Å². The molecule has 4 nitrogen and oxygen atoms in total. The van der Waals surface area contributed by atoms with E-state index >= 15 is 0 Å². The molecule has 3 atom stereocenters. The molecule has 17 heavy (non-hydrogen) atoms. The second-order valence-electron chi connectivity index (χ2n) is 5.05. The predicted molar refractivity (Wildman–Crippen MR) is 66.8 cm³/mol. The highest BCUT2D eigenvalue weighted by Gasteiger charge is 2.26. The quantitative estimate of drug-likeness (QED) is 0.568. The van der Waals surface area contributed by atoms with Gasteiger partial charge in [0.1, 0.15) is 6.10 Å². The van der Waals surface area contributed by atoms with Gasteiger partial charge in [-0.15, -0.1) is 0 Å². The van der Waals surface area contributed by atoms with Gasteiger partial charge in [-0.25, -0.2) is 0 Å². The number of carbonyl (C=O) groups excluding carboxylic acids is 1. The highest BCUT2D eigenvalue weighted by atomic mass is 16.5. The zero-order valence-corrected chi connectivity index (χ0v) is 11.2. The maximum Gasteiger partial charge on any atom is 0.320 e. The predicted octanol–water partition coefficient (Wildman–Crippen LogP) is 1.59. The molecular formula is C13H25NO3. The molecule has 0 heterocycles. The van der Waals surface area contributed by atoms with Gasteiger partial charge in [0, 0.05) is 13.7 Å². The summed E-state index contributed by atoms with van der Waals surface area (Å²) >= 11 is 0. The van der Waals surface area contributed by atoms with E-state index in [1.165, 1.54) is 0 Å². The van der Waals surface area contributed by atoms with Crippen molar-refractivity contribution in [3.63, 3.8) is 0 Å². The molecule has 0 radical (unpaired) electrons. The minimum Gasteiger partial charge on any atom is -0.461 e. The third-order valence-electron chi connectivity index (χ3n) is 3.60. The van der Waals surface area contributed by atoms with E-state index in [4.69, 9.17) is 9.47 Å². The Morgan fingerprint density at radius 3 is 2.71 bits per heavy atom. The number of ether oxygens (including phenoxy) is 2. The molecule has 1 aliphatic rings. The first-order chi connectivity index (χ1) is 8.13. The Bertz CT molecular complexity index is 233. The molecule has 0 aromatic heterocycles. The summed E-state index contributed by atoms with van der Waals surface area (Å²) in [7, 11) is 1.64. The van der Waals surface area contributed by atoms with Crippen LogP contribution in [0.4, 0.5) is 0 Å².